The summed E-state index contributed by atoms with van der Waals surface area (Å²) in [5, 5.41) is 0. The molecule has 110 valence electrons. The molecule has 0 spiro atoms. The highest BCUT2D eigenvalue weighted by atomic mass is 16.5. The van der Waals surface area contributed by atoms with Crippen molar-refractivity contribution < 1.29 is 18.9 Å². The molecule has 1 aliphatic rings. The summed E-state index contributed by atoms with van der Waals surface area (Å²) in [6, 6.07) is 7.89. The van der Waals surface area contributed by atoms with E-state index in [-0.39, 0.29) is 0 Å². The molecule has 0 unspecified atom stereocenters. The molecule has 2 aromatic carbocycles. The Morgan fingerprint density at radius 1 is 0.619 bits per heavy atom. The van der Waals surface area contributed by atoms with Gasteiger partial charge in [0, 0.05) is 23.3 Å². The van der Waals surface area contributed by atoms with E-state index in [1.165, 1.54) is 11.1 Å². The molecule has 0 saturated heterocycles. The summed E-state index contributed by atoms with van der Waals surface area (Å²) in [5.74, 6) is 3.19. The first kappa shape index (κ1) is 13.6. The Labute approximate surface area is 124 Å². The van der Waals surface area contributed by atoms with Gasteiger partial charge in [-0.15, -0.1) is 0 Å². The number of benzene rings is 2. The molecular formula is C17H18O4. The molecule has 0 atom stereocenters. The van der Waals surface area contributed by atoms with E-state index >= 15 is 0 Å². The van der Waals surface area contributed by atoms with Gasteiger partial charge in [-0.2, -0.15) is 0 Å². The van der Waals surface area contributed by atoms with Crippen molar-refractivity contribution in [3.8, 4) is 34.1 Å². The van der Waals surface area contributed by atoms with Crippen LogP contribution in [0, 0.1) is 0 Å². The number of methoxy groups -OCH3 is 4. The van der Waals surface area contributed by atoms with E-state index in [4.69, 9.17) is 18.9 Å². The number of fused-ring (bicyclic) bond motifs is 3. The van der Waals surface area contributed by atoms with Gasteiger partial charge in [-0.05, 0) is 29.7 Å². The molecule has 0 saturated carbocycles. The molecule has 2 aromatic rings. The molecule has 0 aliphatic heterocycles. The minimum atomic E-state index is 0.796. The van der Waals surface area contributed by atoms with Crippen molar-refractivity contribution in [2.45, 2.75) is 6.42 Å². The van der Waals surface area contributed by atoms with E-state index in [1.807, 2.05) is 24.3 Å². The normalized spacial score (nSPS) is 11.6. The van der Waals surface area contributed by atoms with E-state index in [1.54, 1.807) is 28.4 Å². The van der Waals surface area contributed by atoms with Crippen LogP contribution in [0.3, 0.4) is 0 Å². The summed E-state index contributed by atoms with van der Waals surface area (Å²) in [6.45, 7) is 0. The van der Waals surface area contributed by atoms with Crippen LogP contribution in [0.4, 0.5) is 0 Å². The second kappa shape index (κ2) is 5.20. The average Bonchev–Trinajstić information content (AvgIpc) is 2.90. The van der Waals surface area contributed by atoms with Gasteiger partial charge < -0.3 is 18.9 Å². The molecule has 0 bridgehead atoms. The molecule has 4 nitrogen and oxygen atoms in total. The van der Waals surface area contributed by atoms with Crippen molar-refractivity contribution in [1.82, 2.24) is 0 Å². The third-order valence-corrected chi connectivity index (χ3v) is 3.86. The summed E-state index contributed by atoms with van der Waals surface area (Å²) in [7, 11) is 6.66. The second-order valence-corrected chi connectivity index (χ2v) is 4.90. The largest absolute Gasteiger partial charge is 0.497 e. The van der Waals surface area contributed by atoms with Crippen LogP contribution in [0.5, 0.6) is 23.0 Å². The van der Waals surface area contributed by atoms with Crippen LogP contribution in [0.2, 0.25) is 0 Å². The first-order valence-corrected chi connectivity index (χ1v) is 6.72. The van der Waals surface area contributed by atoms with Crippen LogP contribution in [0.1, 0.15) is 11.1 Å². The highest BCUT2D eigenvalue weighted by Gasteiger charge is 2.27. The number of rotatable bonds is 4. The van der Waals surface area contributed by atoms with E-state index in [0.29, 0.717) is 0 Å². The third kappa shape index (κ3) is 2.07. The molecule has 21 heavy (non-hydrogen) atoms. The van der Waals surface area contributed by atoms with Crippen molar-refractivity contribution in [1.29, 1.82) is 0 Å². The first-order valence-electron chi connectivity index (χ1n) is 6.72. The third-order valence-electron chi connectivity index (χ3n) is 3.86. The number of hydrogen-bond acceptors (Lipinski definition) is 4. The van der Waals surface area contributed by atoms with Crippen molar-refractivity contribution in [2.24, 2.45) is 0 Å². The lowest BCUT2D eigenvalue weighted by molar-refractivity contribution is 0.391. The van der Waals surface area contributed by atoms with E-state index < -0.39 is 0 Å². The number of ether oxygens (including phenoxy) is 4. The van der Waals surface area contributed by atoms with Crippen molar-refractivity contribution in [3.63, 3.8) is 0 Å². The average molecular weight is 286 g/mol. The highest BCUT2D eigenvalue weighted by Crippen LogP contribution is 2.50. The van der Waals surface area contributed by atoms with Crippen LogP contribution < -0.4 is 18.9 Å². The molecule has 0 aromatic heterocycles. The van der Waals surface area contributed by atoms with E-state index in [9.17, 15) is 0 Å². The lowest BCUT2D eigenvalue weighted by Gasteiger charge is -2.14. The summed E-state index contributed by atoms with van der Waals surface area (Å²) in [6.07, 6.45) is 0.811. The van der Waals surface area contributed by atoms with Gasteiger partial charge in [0.2, 0.25) is 0 Å². The molecule has 1 aliphatic carbocycles. The summed E-state index contributed by atoms with van der Waals surface area (Å²) < 4.78 is 21.8. The molecule has 0 heterocycles. The Morgan fingerprint density at radius 2 is 1.05 bits per heavy atom. The minimum absolute atomic E-state index is 0.796. The molecule has 0 radical (unpaired) electrons. The Kier molecular flexibility index (Phi) is 3.37. The Balaban J connectivity index is 2.26. The number of hydrogen-bond donors (Lipinski definition) is 0. The highest BCUT2D eigenvalue weighted by molar-refractivity contribution is 5.87. The first-order chi connectivity index (χ1) is 10.2. The lowest BCUT2D eigenvalue weighted by atomic mass is 10.0. The van der Waals surface area contributed by atoms with Gasteiger partial charge in [-0.25, -0.2) is 0 Å². The van der Waals surface area contributed by atoms with Crippen LogP contribution in [-0.4, -0.2) is 28.4 Å². The lowest BCUT2D eigenvalue weighted by Crippen LogP contribution is -1.94. The zero-order chi connectivity index (χ0) is 15.0. The van der Waals surface area contributed by atoms with Crippen LogP contribution in [-0.2, 0) is 6.42 Å². The molecule has 0 N–H and O–H groups in total. The maximum Gasteiger partial charge on any atom is 0.130 e. The van der Waals surface area contributed by atoms with E-state index in [2.05, 4.69) is 0 Å². The van der Waals surface area contributed by atoms with Gasteiger partial charge in [0.15, 0.2) is 0 Å². The van der Waals surface area contributed by atoms with Crippen molar-refractivity contribution in [2.75, 3.05) is 28.4 Å². The maximum absolute atomic E-state index is 5.55. The predicted molar refractivity (Wildman–Crippen MR) is 80.9 cm³/mol. The molecule has 4 heteroatoms. The smallest absolute Gasteiger partial charge is 0.130 e. The summed E-state index contributed by atoms with van der Waals surface area (Å²) in [5.41, 5.74) is 4.50. The van der Waals surface area contributed by atoms with E-state index in [0.717, 1.165) is 40.5 Å². The van der Waals surface area contributed by atoms with Gasteiger partial charge in [-0.3, -0.25) is 0 Å². The molecule has 3 rings (SSSR count). The zero-order valence-electron chi connectivity index (χ0n) is 12.6. The Hall–Kier alpha value is -2.36. The Morgan fingerprint density at radius 3 is 1.38 bits per heavy atom. The topological polar surface area (TPSA) is 36.9 Å². The monoisotopic (exact) mass is 286 g/mol. The SMILES string of the molecule is COc1cc2c(c(OC)c1)-c1c(cc(OC)cc1OC)C2. The quantitative estimate of drug-likeness (QED) is 0.737. The summed E-state index contributed by atoms with van der Waals surface area (Å²) >= 11 is 0. The second-order valence-electron chi connectivity index (χ2n) is 4.90. The summed E-state index contributed by atoms with van der Waals surface area (Å²) in [4.78, 5) is 0. The minimum Gasteiger partial charge on any atom is -0.497 e. The zero-order valence-corrected chi connectivity index (χ0v) is 12.6. The van der Waals surface area contributed by atoms with Gasteiger partial charge in [-0.1, -0.05) is 0 Å². The predicted octanol–water partition coefficient (Wildman–Crippen LogP) is 3.29. The fourth-order valence-electron chi connectivity index (χ4n) is 2.90. The van der Waals surface area contributed by atoms with Gasteiger partial charge >= 0.3 is 0 Å². The van der Waals surface area contributed by atoms with Gasteiger partial charge in [0.25, 0.3) is 0 Å². The molecular weight excluding hydrogens is 268 g/mol. The van der Waals surface area contributed by atoms with Crippen LogP contribution in [0.15, 0.2) is 24.3 Å². The van der Waals surface area contributed by atoms with Crippen LogP contribution in [0.25, 0.3) is 11.1 Å². The fourth-order valence-corrected chi connectivity index (χ4v) is 2.90. The molecule has 0 amide bonds. The van der Waals surface area contributed by atoms with Gasteiger partial charge in [0.05, 0.1) is 28.4 Å². The standard InChI is InChI=1S/C17H18O4/c1-18-12-6-10-5-11-7-13(19-2)9-15(21-4)17(11)16(10)14(8-12)20-3/h6-9H,5H2,1-4H3. The maximum atomic E-state index is 5.55. The van der Waals surface area contributed by atoms with Crippen LogP contribution >= 0.6 is 0 Å². The fraction of sp³-hybridized carbons (Fsp3) is 0.294. The van der Waals surface area contributed by atoms with Crippen molar-refractivity contribution in [3.05, 3.63) is 35.4 Å². The van der Waals surface area contributed by atoms with Gasteiger partial charge in [0.1, 0.15) is 23.0 Å². The Bertz CT molecular complexity index is 632. The van der Waals surface area contributed by atoms with Crippen molar-refractivity contribution >= 4 is 0 Å². The molecule has 0 fully saturated rings.